The Hall–Kier alpha value is -2.74. The SMILES string of the molecule is [2H]C([2H])([2H])NC1([2H])C([2H])([2H])N(Cc2ccccc2)C(=O)C([2H])([2H])C1([2H])C([2H])([2H])[2H].[2H]C1([2H])C(=O)C([2H])(C)C([2H])([2H])C(=O)N1Cc1ccccc1.[2H]Cl.[2H]N([2H])C. The molecule has 0 aliphatic carbocycles. The van der Waals surface area contributed by atoms with Crippen LogP contribution < -0.4 is 11.0 Å². The fourth-order valence-corrected chi connectivity index (χ4v) is 2.87. The van der Waals surface area contributed by atoms with Gasteiger partial charge in [-0.2, -0.15) is 0 Å². The summed E-state index contributed by atoms with van der Waals surface area (Å²) in [5.74, 6) is -10.3. The molecule has 2 amide bonds. The van der Waals surface area contributed by atoms with Gasteiger partial charge in [0, 0.05) is 62.1 Å². The third kappa shape index (κ3) is 9.37. The standard InChI is InChI=1S/C14H20N2O.C13H15NO2.CH5N.ClH/c1-11-8-14(17)16(10-13(11)15-2)9-12-6-4-3-5-7-12;1-10-7-13(16)14(9-12(10)15)8-11-5-3-2-4-6-11;1-2;/h3-7,11,13,15H,8-10H2,1-2H3;2-6,10H,7-9H2,1H3;2H2,1H3;1H/i1D3,2D3,8D2,10D2,11D,13D;7D2,9D2,10D;;/hD3. The van der Waals surface area contributed by atoms with Crippen LogP contribution in [-0.4, -0.2) is 61.6 Å². The minimum atomic E-state index is -3.78. The quantitative estimate of drug-likeness (QED) is 0.611. The summed E-state index contributed by atoms with van der Waals surface area (Å²) in [6.45, 7) is -13.0. The van der Waals surface area contributed by atoms with Crippen LogP contribution in [0.25, 0.3) is 0 Å². The summed E-state index contributed by atoms with van der Waals surface area (Å²) in [6.07, 6.45) is -6.39. The summed E-state index contributed by atoms with van der Waals surface area (Å²) in [4.78, 5) is 38.1. The van der Waals surface area contributed by atoms with Crippen LogP contribution in [-0.2, 0) is 27.5 Å². The highest BCUT2D eigenvalue weighted by Crippen LogP contribution is 2.20. The van der Waals surface area contributed by atoms with Crippen molar-refractivity contribution in [3.05, 3.63) is 71.8 Å². The highest BCUT2D eigenvalue weighted by molar-refractivity contribution is 5.94. The zero-order valence-electron chi connectivity index (χ0n) is 39.6. The normalized spacial score (nSPS) is 41.9. The first-order chi connectivity index (χ1) is 25.1. The first-order valence-corrected chi connectivity index (χ1v) is 10.4. The third-order valence-corrected chi connectivity index (χ3v) is 4.58. The van der Waals surface area contributed by atoms with Crippen LogP contribution in [0.2, 0.25) is 2.82 Å². The van der Waals surface area contributed by atoms with E-state index in [0.29, 0.717) is 21.7 Å². The summed E-state index contributed by atoms with van der Waals surface area (Å²) in [7, 11) is 1.33. The van der Waals surface area contributed by atoms with Gasteiger partial charge in [0.2, 0.25) is 11.8 Å². The second-order valence-electron chi connectivity index (χ2n) is 7.06. The van der Waals surface area contributed by atoms with Crippen molar-refractivity contribution in [3.63, 3.8) is 0 Å². The van der Waals surface area contributed by atoms with Crippen molar-refractivity contribution < 1.29 is 40.5 Å². The van der Waals surface area contributed by atoms with E-state index in [2.05, 4.69) is 12.3 Å². The highest BCUT2D eigenvalue weighted by atomic mass is 35.5. The summed E-state index contributed by atoms with van der Waals surface area (Å²) in [5, 5.41) is 1.52. The molecule has 7 nitrogen and oxygen atoms in total. The average molecular weight is 537 g/mol. The van der Waals surface area contributed by atoms with Gasteiger partial charge in [0.15, 0.2) is 5.78 Å². The zero-order valence-corrected chi connectivity index (χ0v) is 20.4. The molecule has 198 valence electrons. The lowest BCUT2D eigenvalue weighted by molar-refractivity contribution is -0.143. The Labute approximate surface area is 249 Å². The molecule has 36 heavy (non-hydrogen) atoms. The Kier molecular flexibility index (Phi) is 5.45. The summed E-state index contributed by atoms with van der Waals surface area (Å²) >= 11 is 3.89. The molecule has 3 N–H and O–H groups in total. The van der Waals surface area contributed by atoms with Gasteiger partial charge in [-0.1, -0.05) is 74.4 Å². The number of ketones is 1. The van der Waals surface area contributed by atoms with Crippen LogP contribution in [0, 0.1) is 11.8 Å². The number of likely N-dealkylation sites (N-methyl/N-ethyl adjacent to an activating group) is 1. The van der Waals surface area contributed by atoms with Gasteiger partial charge in [-0.3, -0.25) is 14.4 Å². The zero-order chi connectivity index (χ0) is 44.3. The van der Waals surface area contributed by atoms with Crippen LogP contribution >= 0.6 is 12.3 Å². The summed E-state index contributed by atoms with van der Waals surface area (Å²) in [5.41, 5.74) is 1.41. The van der Waals surface area contributed by atoms with Crippen LogP contribution in [0.3, 0.4) is 0 Å². The molecule has 0 bridgehead atoms. The Morgan fingerprint density at radius 1 is 1.03 bits per heavy atom. The minimum Gasteiger partial charge on any atom is -0.337 e. The second-order valence-corrected chi connectivity index (χ2v) is 7.06. The van der Waals surface area contributed by atoms with Gasteiger partial charge < -0.3 is 20.8 Å². The number of nitrogens with one attached hydrogen (secondary N) is 1. The Balaban J connectivity index is 0.000000508. The van der Waals surface area contributed by atoms with E-state index in [1.807, 2.05) is 0 Å². The van der Waals surface area contributed by atoms with E-state index in [9.17, 15) is 14.4 Å². The lowest BCUT2D eigenvalue weighted by Crippen LogP contribution is -2.51. The third-order valence-electron chi connectivity index (χ3n) is 4.58. The van der Waals surface area contributed by atoms with Gasteiger partial charge in [0.1, 0.15) is 4.00 Å². The molecule has 0 radical (unpaired) electrons. The first kappa shape index (κ1) is 12.2. The molecule has 3 unspecified atom stereocenters. The van der Waals surface area contributed by atoms with Gasteiger partial charge in [0.25, 0.3) is 0 Å². The molecular formula is C28H41ClN4O3. The van der Waals surface area contributed by atoms with Crippen LogP contribution in [0.5, 0.6) is 0 Å². The maximum absolute atomic E-state index is 12.9. The number of piperidine rings is 2. The molecule has 2 saturated heterocycles. The molecule has 0 saturated carbocycles. The predicted molar refractivity (Wildman–Crippen MR) is 146 cm³/mol. The van der Waals surface area contributed by atoms with E-state index in [-0.39, 0.29) is 11.4 Å². The number of carbonyl (C=O) groups excluding carboxylic acids is 3. The van der Waals surface area contributed by atoms with E-state index < -0.39 is 81.5 Å². The number of halogens is 1. The predicted octanol–water partition coefficient (Wildman–Crippen LogP) is 3.26. The van der Waals surface area contributed by atoms with Crippen LogP contribution in [0.15, 0.2) is 60.7 Å². The number of carbonyl (C=O) groups is 3. The van der Waals surface area contributed by atoms with E-state index in [1.54, 1.807) is 48.5 Å². The van der Waals surface area contributed by atoms with Gasteiger partial charge in [-0.25, -0.2) is 0 Å². The average Bonchev–Trinajstić information content (AvgIpc) is 3.07. The number of hydrogen-bond donors (Lipinski definition) is 2. The number of nitrogens with two attached hydrogens (primary N) is 1. The Bertz CT molecular complexity index is 1660. The monoisotopic (exact) mass is 536 g/mol. The molecule has 8 heteroatoms. The molecule has 2 aromatic rings. The summed E-state index contributed by atoms with van der Waals surface area (Å²) < 4.78 is 151. The number of hydrogen-bond acceptors (Lipinski definition) is 5. The van der Waals surface area contributed by atoms with Crippen LogP contribution in [0.4, 0.5) is 0 Å². The van der Waals surface area contributed by atoms with E-state index >= 15 is 0 Å². The molecule has 2 heterocycles. The largest absolute Gasteiger partial charge is 0.337 e. The number of amides is 2. The molecular weight excluding hydrogens is 476 g/mol. The molecule has 0 spiro atoms. The van der Waals surface area contributed by atoms with E-state index in [1.165, 1.54) is 24.5 Å². The molecule has 0 aromatic heterocycles. The van der Waals surface area contributed by atoms with Crippen molar-refractivity contribution in [2.45, 2.75) is 45.6 Å². The molecule has 2 aromatic carbocycles. The number of rotatable bonds is 5. The lowest BCUT2D eigenvalue weighted by atomic mass is 9.93. The van der Waals surface area contributed by atoms with Crippen LogP contribution in [0.1, 0.15) is 61.0 Å². The first-order valence-electron chi connectivity index (χ1n) is 20.1. The van der Waals surface area contributed by atoms with Crippen molar-refractivity contribution in [1.29, 1.82) is 1.17 Å². The van der Waals surface area contributed by atoms with Crippen molar-refractivity contribution >= 4 is 29.9 Å². The van der Waals surface area contributed by atoms with Gasteiger partial charge in [-0.05, 0) is 31.0 Å². The molecule has 3 atom stereocenters. The topological polar surface area (TPSA) is 95.7 Å². The fourth-order valence-electron chi connectivity index (χ4n) is 2.87. The van der Waals surface area contributed by atoms with E-state index in [0.717, 1.165) is 6.92 Å². The number of likely N-dealkylation sites (tertiary alicyclic amines) is 2. The Morgan fingerprint density at radius 3 is 2.08 bits per heavy atom. The minimum absolute atomic E-state index is 0.228. The Morgan fingerprint density at radius 2 is 1.56 bits per heavy atom. The lowest BCUT2D eigenvalue weighted by Gasteiger charge is -2.36. The number of benzene rings is 2. The molecule has 4 rings (SSSR count). The van der Waals surface area contributed by atoms with Crippen molar-refractivity contribution in [2.24, 2.45) is 17.5 Å². The number of Topliss-reactive ketones (excluding diaryl/α,β-unsaturated/α-hetero) is 1. The molecule has 2 aliphatic rings. The highest BCUT2D eigenvalue weighted by Gasteiger charge is 2.30. The fraction of sp³-hybridized carbons (Fsp3) is 0.464. The maximum atomic E-state index is 12.9. The van der Waals surface area contributed by atoms with Crippen molar-refractivity contribution in [2.75, 3.05) is 27.0 Å². The van der Waals surface area contributed by atoms with Gasteiger partial charge in [0.05, 0.1) is 12.0 Å². The number of nitrogens with zero attached hydrogens (tertiary/aromatic N) is 2. The smallest absolute Gasteiger partial charge is 0.223 e. The molecule has 2 aliphatic heterocycles. The van der Waals surface area contributed by atoms with Gasteiger partial charge >= 0.3 is 0 Å². The summed E-state index contributed by atoms with van der Waals surface area (Å²) in [6, 6.07) is 12.6. The van der Waals surface area contributed by atoms with Gasteiger partial charge in [-0.15, -0.1) is 12.3 Å². The van der Waals surface area contributed by atoms with E-state index in [4.69, 9.17) is 27.3 Å². The molecule has 2 fully saturated rings. The van der Waals surface area contributed by atoms with Crippen molar-refractivity contribution in [3.8, 4) is 0 Å². The van der Waals surface area contributed by atoms with Crippen molar-refractivity contribution in [1.82, 2.24) is 15.1 Å². The second kappa shape index (κ2) is 16.1. The maximum Gasteiger partial charge on any atom is 0.223 e.